The number of anilines is 1. The van der Waals surface area contributed by atoms with Gasteiger partial charge in [-0.1, -0.05) is 60.3 Å². The average molecular weight is 555 g/mol. The van der Waals surface area contributed by atoms with Crippen molar-refractivity contribution in [3.05, 3.63) is 107 Å². The molecule has 9 heteroatoms. The van der Waals surface area contributed by atoms with Gasteiger partial charge in [0.25, 0.3) is 5.91 Å². The van der Waals surface area contributed by atoms with Crippen molar-refractivity contribution in [3.8, 4) is 0 Å². The number of aromatic nitrogens is 3. The highest BCUT2D eigenvalue weighted by molar-refractivity contribution is 7.98. The molecular weight excluding hydrogens is 520 g/mol. The number of pyridine rings is 1. The molecule has 0 atom stereocenters. The van der Waals surface area contributed by atoms with Gasteiger partial charge in [-0.25, -0.2) is 9.97 Å². The topological polar surface area (TPSA) is 87.4 Å². The van der Waals surface area contributed by atoms with Crippen LogP contribution in [0.3, 0.4) is 0 Å². The third-order valence-corrected chi connectivity index (χ3v) is 7.48. The van der Waals surface area contributed by atoms with E-state index in [4.69, 9.17) is 9.40 Å². The molecule has 0 radical (unpaired) electrons. The highest BCUT2D eigenvalue weighted by atomic mass is 32.2. The van der Waals surface area contributed by atoms with Crippen LogP contribution >= 0.6 is 11.8 Å². The summed E-state index contributed by atoms with van der Waals surface area (Å²) in [7, 11) is 0. The van der Waals surface area contributed by atoms with Crippen LogP contribution in [0.4, 0.5) is 5.82 Å². The molecule has 0 unspecified atom stereocenters. The summed E-state index contributed by atoms with van der Waals surface area (Å²) in [4.78, 5) is 31.0. The fourth-order valence-electron chi connectivity index (χ4n) is 4.46. The second-order valence-electron chi connectivity index (χ2n) is 9.63. The third-order valence-electron chi connectivity index (χ3n) is 6.61. The second-order valence-corrected chi connectivity index (χ2v) is 10.6. The zero-order valence-electron chi connectivity index (χ0n) is 22.7. The molecule has 5 rings (SSSR count). The summed E-state index contributed by atoms with van der Waals surface area (Å²) in [6.45, 7) is 7.28. The number of thioether (sulfide) groups is 1. The van der Waals surface area contributed by atoms with E-state index in [1.165, 1.54) is 17.3 Å². The summed E-state index contributed by atoms with van der Waals surface area (Å²) in [5.74, 6) is 2.30. The van der Waals surface area contributed by atoms with Gasteiger partial charge in [0, 0.05) is 69.3 Å². The van der Waals surface area contributed by atoms with E-state index in [2.05, 4.69) is 67.6 Å². The maximum atomic E-state index is 12.5. The van der Waals surface area contributed by atoms with Crippen molar-refractivity contribution in [2.45, 2.75) is 24.3 Å². The van der Waals surface area contributed by atoms with Crippen LogP contribution in [0.1, 0.15) is 33.3 Å². The number of hydrogen-bond acceptors (Lipinski definition) is 8. The Labute approximate surface area is 239 Å². The van der Waals surface area contributed by atoms with E-state index >= 15 is 0 Å². The number of carbonyl (C=O) groups excluding carboxylic acids is 1. The Kier molecular flexibility index (Phi) is 9.60. The van der Waals surface area contributed by atoms with Crippen LogP contribution in [-0.2, 0) is 12.2 Å². The van der Waals surface area contributed by atoms with Crippen LogP contribution < -0.4 is 10.2 Å². The number of furan rings is 1. The maximum absolute atomic E-state index is 12.5. The molecule has 1 aromatic carbocycles. The van der Waals surface area contributed by atoms with E-state index in [-0.39, 0.29) is 5.91 Å². The highest BCUT2D eigenvalue weighted by Gasteiger charge is 2.19. The molecule has 8 nitrogen and oxygen atoms in total. The number of rotatable bonds is 11. The Morgan fingerprint density at radius 1 is 1.02 bits per heavy atom. The molecular formula is C31H34N6O2S. The molecule has 1 aliphatic heterocycles. The zero-order chi connectivity index (χ0) is 27.6. The summed E-state index contributed by atoms with van der Waals surface area (Å²) in [5.41, 5.74) is 3.11. The Morgan fingerprint density at radius 2 is 1.85 bits per heavy atom. The molecule has 1 aliphatic rings. The number of aryl methyl sites for hydroxylation is 1. The first kappa shape index (κ1) is 27.6. The third kappa shape index (κ3) is 8.03. The summed E-state index contributed by atoms with van der Waals surface area (Å²) in [5, 5.41) is 3.60. The largest absolute Gasteiger partial charge is 0.455 e. The summed E-state index contributed by atoms with van der Waals surface area (Å²) in [6.07, 6.45) is 6.84. The molecule has 0 bridgehead atoms. The number of carbonyl (C=O) groups is 1. The van der Waals surface area contributed by atoms with Crippen molar-refractivity contribution >= 4 is 29.6 Å². The Morgan fingerprint density at radius 3 is 2.65 bits per heavy atom. The SMILES string of the molecule is Cc1cc(N2CCN(C/C=C/c3ccccc3)CC2)nc(SCc2ccc(C(=O)NCCc3ccccn3)o2)n1. The molecule has 40 heavy (non-hydrogen) atoms. The van der Waals surface area contributed by atoms with Crippen LogP contribution in [0.5, 0.6) is 0 Å². The van der Waals surface area contributed by atoms with E-state index in [9.17, 15) is 4.79 Å². The van der Waals surface area contributed by atoms with Crippen molar-refractivity contribution < 1.29 is 9.21 Å². The quantitative estimate of drug-likeness (QED) is 0.208. The molecule has 0 saturated carbocycles. The smallest absolute Gasteiger partial charge is 0.287 e. The Bertz CT molecular complexity index is 1400. The van der Waals surface area contributed by atoms with Crippen molar-refractivity contribution in [2.75, 3.05) is 44.2 Å². The van der Waals surface area contributed by atoms with Crippen LogP contribution in [-0.4, -0.2) is 65.0 Å². The van der Waals surface area contributed by atoms with Gasteiger partial charge in [0.1, 0.15) is 11.6 Å². The lowest BCUT2D eigenvalue weighted by atomic mass is 10.2. The molecule has 1 fully saturated rings. The van der Waals surface area contributed by atoms with Gasteiger partial charge in [-0.3, -0.25) is 14.7 Å². The fraction of sp³-hybridized carbons (Fsp3) is 0.290. The van der Waals surface area contributed by atoms with Crippen LogP contribution in [0.15, 0.2) is 88.6 Å². The molecule has 4 heterocycles. The van der Waals surface area contributed by atoms with Gasteiger partial charge < -0.3 is 14.6 Å². The standard InChI is InChI=1S/C31H34N6O2S/c1-24-22-29(37-20-18-36(19-21-37)17-7-10-25-8-3-2-4-9-25)35-31(34-24)40-23-27-12-13-28(39-27)30(38)33-16-14-26-11-5-6-15-32-26/h2-13,15,22H,14,16-21,23H2,1H3,(H,33,38)/b10-7+. The minimum atomic E-state index is -0.226. The van der Waals surface area contributed by atoms with Gasteiger partial charge in [-0.05, 0) is 36.8 Å². The van der Waals surface area contributed by atoms with Gasteiger partial charge in [-0.2, -0.15) is 0 Å². The minimum absolute atomic E-state index is 0.226. The first-order chi connectivity index (χ1) is 19.6. The second kappa shape index (κ2) is 13.9. The zero-order valence-corrected chi connectivity index (χ0v) is 23.5. The number of nitrogens with one attached hydrogen (secondary N) is 1. The van der Waals surface area contributed by atoms with Crippen molar-refractivity contribution in [3.63, 3.8) is 0 Å². The Balaban J connectivity index is 1.08. The van der Waals surface area contributed by atoms with Crippen molar-refractivity contribution in [2.24, 2.45) is 0 Å². The minimum Gasteiger partial charge on any atom is -0.455 e. The molecule has 0 aliphatic carbocycles. The molecule has 3 aromatic heterocycles. The molecule has 1 N–H and O–H groups in total. The van der Waals surface area contributed by atoms with E-state index in [0.717, 1.165) is 49.9 Å². The number of piperazine rings is 1. The molecule has 1 saturated heterocycles. The number of hydrogen-bond donors (Lipinski definition) is 1. The normalized spacial score (nSPS) is 14.1. The van der Waals surface area contributed by atoms with Gasteiger partial charge in [0.2, 0.25) is 0 Å². The van der Waals surface area contributed by atoms with Crippen molar-refractivity contribution in [1.82, 2.24) is 25.2 Å². The summed E-state index contributed by atoms with van der Waals surface area (Å²) >= 11 is 1.51. The van der Waals surface area contributed by atoms with Gasteiger partial charge in [-0.15, -0.1) is 0 Å². The van der Waals surface area contributed by atoms with E-state index in [1.54, 1.807) is 12.3 Å². The van der Waals surface area contributed by atoms with Gasteiger partial charge in [0.15, 0.2) is 10.9 Å². The lowest BCUT2D eigenvalue weighted by Crippen LogP contribution is -2.46. The van der Waals surface area contributed by atoms with Gasteiger partial charge >= 0.3 is 0 Å². The molecule has 1 amide bonds. The average Bonchev–Trinajstić information content (AvgIpc) is 3.47. The lowest BCUT2D eigenvalue weighted by molar-refractivity contribution is 0.0925. The molecule has 4 aromatic rings. The molecule has 206 valence electrons. The lowest BCUT2D eigenvalue weighted by Gasteiger charge is -2.35. The first-order valence-corrected chi connectivity index (χ1v) is 14.6. The van der Waals surface area contributed by atoms with E-state index in [0.29, 0.717) is 35.4 Å². The van der Waals surface area contributed by atoms with Crippen molar-refractivity contribution in [1.29, 1.82) is 0 Å². The highest BCUT2D eigenvalue weighted by Crippen LogP contribution is 2.24. The number of benzene rings is 1. The predicted octanol–water partition coefficient (Wildman–Crippen LogP) is 4.87. The van der Waals surface area contributed by atoms with Gasteiger partial charge in [0.05, 0.1) is 5.75 Å². The molecule has 0 spiro atoms. The number of nitrogens with zero attached hydrogens (tertiary/aromatic N) is 5. The first-order valence-electron chi connectivity index (χ1n) is 13.6. The Hall–Kier alpha value is -3.95. The maximum Gasteiger partial charge on any atom is 0.287 e. The van der Waals surface area contributed by atoms with E-state index in [1.807, 2.05) is 37.3 Å². The van der Waals surface area contributed by atoms with Crippen LogP contribution in [0, 0.1) is 6.92 Å². The predicted molar refractivity (Wildman–Crippen MR) is 159 cm³/mol. The monoisotopic (exact) mass is 554 g/mol. The van der Waals surface area contributed by atoms with E-state index < -0.39 is 0 Å². The summed E-state index contributed by atoms with van der Waals surface area (Å²) < 4.78 is 5.79. The summed E-state index contributed by atoms with van der Waals surface area (Å²) in [6, 6.07) is 21.8. The fourth-order valence-corrected chi connectivity index (χ4v) is 5.26. The van der Waals surface area contributed by atoms with Crippen LogP contribution in [0.2, 0.25) is 0 Å². The van der Waals surface area contributed by atoms with Crippen LogP contribution in [0.25, 0.3) is 6.08 Å². The number of amides is 1.